The highest BCUT2D eigenvalue weighted by Gasteiger charge is 2.31. The fraction of sp³-hybridized carbons (Fsp3) is 0.107. The van der Waals surface area contributed by atoms with Crippen molar-refractivity contribution in [1.29, 1.82) is 0 Å². The van der Waals surface area contributed by atoms with Crippen LogP contribution >= 0.6 is 11.6 Å². The van der Waals surface area contributed by atoms with E-state index in [4.69, 9.17) is 16.0 Å². The normalized spacial score (nSPS) is 11.8. The van der Waals surface area contributed by atoms with Gasteiger partial charge in [0.2, 0.25) is 0 Å². The highest BCUT2D eigenvalue weighted by atomic mass is 35.5. The maximum Gasteiger partial charge on any atom is 0.416 e. The number of furan rings is 1. The topological polar surface area (TPSA) is 84.2 Å². The van der Waals surface area contributed by atoms with Crippen LogP contribution in [0.3, 0.4) is 0 Å². The summed E-state index contributed by atoms with van der Waals surface area (Å²) in [6.07, 6.45) is -0.0834. The molecule has 0 bridgehead atoms. The van der Waals surface area contributed by atoms with Gasteiger partial charge in [-0.2, -0.15) is 13.2 Å². The summed E-state index contributed by atoms with van der Waals surface area (Å²) in [5.74, 6) is -0.957. The van der Waals surface area contributed by atoms with E-state index in [0.717, 1.165) is 29.3 Å². The minimum atomic E-state index is -4.56. The number of benzene rings is 2. The summed E-state index contributed by atoms with van der Waals surface area (Å²) < 4.78 is 45.3. The van der Waals surface area contributed by atoms with Gasteiger partial charge in [-0.1, -0.05) is 35.4 Å². The molecule has 0 radical (unpaired) electrons. The number of nitrogens with zero attached hydrogens (tertiary/aromatic N) is 1. The number of hydrogen-bond acceptors (Lipinski definition) is 4. The first-order chi connectivity index (χ1) is 18.1. The van der Waals surface area contributed by atoms with Crippen molar-refractivity contribution in [2.45, 2.75) is 19.6 Å². The first-order valence-electron chi connectivity index (χ1n) is 11.3. The molecule has 0 unspecified atom stereocenters. The number of rotatable bonds is 7. The molecular formula is C28H21ClF3N3O3. The summed E-state index contributed by atoms with van der Waals surface area (Å²) >= 11 is 6.12. The van der Waals surface area contributed by atoms with E-state index in [0.29, 0.717) is 5.56 Å². The van der Waals surface area contributed by atoms with Crippen LogP contribution < -0.4 is 10.6 Å². The van der Waals surface area contributed by atoms with E-state index in [1.165, 1.54) is 18.2 Å². The molecular weight excluding hydrogens is 519 g/mol. The van der Waals surface area contributed by atoms with Crippen LogP contribution in [0.5, 0.6) is 0 Å². The second kappa shape index (κ2) is 11.4. The molecule has 0 aliphatic rings. The minimum Gasteiger partial charge on any atom is -0.457 e. The molecule has 2 N–H and O–H groups in total. The number of hydrogen-bond donors (Lipinski definition) is 2. The lowest BCUT2D eigenvalue weighted by molar-refractivity contribution is -0.137. The van der Waals surface area contributed by atoms with Crippen molar-refractivity contribution in [3.05, 3.63) is 118 Å². The number of nitrogens with one attached hydrogen (secondary N) is 2. The number of aromatic nitrogens is 1. The van der Waals surface area contributed by atoms with E-state index in [1.54, 1.807) is 48.8 Å². The number of halogens is 4. The predicted octanol–water partition coefficient (Wildman–Crippen LogP) is 6.41. The Kier molecular flexibility index (Phi) is 7.97. The van der Waals surface area contributed by atoms with Crippen molar-refractivity contribution >= 4 is 29.5 Å². The maximum absolute atomic E-state index is 13.2. The third kappa shape index (κ3) is 6.68. The largest absolute Gasteiger partial charge is 0.457 e. The summed E-state index contributed by atoms with van der Waals surface area (Å²) in [6.45, 7) is 2.03. The average Bonchev–Trinajstić information content (AvgIpc) is 3.35. The molecule has 0 atom stereocenters. The van der Waals surface area contributed by atoms with Crippen LogP contribution in [0.1, 0.15) is 32.8 Å². The monoisotopic (exact) mass is 539 g/mol. The smallest absolute Gasteiger partial charge is 0.416 e. The molecule has 0 aliphatic carbocycles. The van der Waals surface area contributed by atoms with Gasteiger partial charge in [0.05, 0.1) is 10.6 Å². The molecule has 38 heavy (non-hydrogen) atoms. The summed E-state index contributed by atoms with van der Waals surface area (Å²) in [7, 11) is 0. The van der Waals surface area contributed by atoms with Gasteiger partial charge in [-0.15, -0.1) is 0 Å². The fourth-order valence-corrected chi connectivity index (χ4v) is 3.66. The number of pyridine rings is 1. The van der Waals surface area contributed by atoms with E-state index in [1.807, 2.05) is 6.92 Å². The van der Waals surface area contributed by atoms with E-state index >= 15 is 0 Å². The lowest BCUT2D eigenvalue weighted by atomic mass is 10.1. The molecule has 2 aromatic carbocycles. The van der Waals surface area contributed by atoms with E-state index in [2.05, 4.69) is 15.6 Å². The number of carbonyl (C=O) groups is 2. The summed E-state index contributed by atoms with van der Waals surface area (Å²) in [6, 6.07) is 16.1. The van der Waals surface area contributed by atoms with E-state index in [9.17, 15) is 22.8 Å². The van der Waals surface area contributed by atoms with Crippen LogP contribution in [-0.2, 0) is 17.5 Å². The minimum absolute atomic E-state index is 0.0346. The van der Waals surface area contributed by atoms with Gasteiger partial charge < -0.3 is 15.1 Å². The molecule has 194 valence electrons. The van der Waals surface area contributed by atoms with Crippen molar-refractivity contribution in [3.8, 4) is 11.3 Å². The van der Waals surface area contributed by atoms with Crippen LogP contribution in [0, 0.1) is 6.92 Å². The number of alkyl halides is 3. The lowest BCUT2D eigenvalue weighted by Gasteiger charge is -2.11. The van der Waals surface area contributed by atoms with Crippen molar-refractivity contribution in [1.82, 2.24) is 15.6 Å². The van der Waals surface area contributed by atoms with Crippen LogP contribution in [0.25, 0.3) is 17.4 Å². The molecule has 0 saturated heterocycles. The molecule has 10 heteroatoms. The molecule has 0 fully saturated rings. The van der Waals surface area contributed by atoms with Crippen LogP contribution in [0.15, 0.2) is 89.2 Å². The molecule has 2 aromatic heterocycles. The van der Waals surface area contributed by atoms with Gasteiger partial charge in [0.1, 0.15) is 17.2 Å². The van der Waals surface area contributed by atoms with E-state index < -0.39 is 23.6 Å². The highest BCUT2D eigenvalue weighted by molar-refractivity contribution is 6.33. The van der Waals surface area contributed by atoms with Crippen LogP contribution in [0.4, 0.5) is 13.2 Å². The quantitative estimate of drug-likeness (QED) is 0.266. The Hall–Kier alpha value is -4.37. The molecule has 2 heterocycles. The molecule has 0 spiro atoms. The Labute approximate surface area is 221 Å². The first-order valence-corrected chi connectivity index (χ1v) is 11.7. The van der Waals surface area contributed by atoms with Crippen LogP contribution in [0.2, 0.25) is 5.02 Å². The third-order valence-corrected chi connectivity index (χ3v) is 5.78. The molecule has 6 nitrogen and oxygen atoms in total. The number of aryl methyl sites for hydroxylation is 1. The van der Waals surface area contributed by atoms with Crippen molar-refractivity contribution in [2.24, 2.45) is 0 Å². The summed E-state index contributed by atoms with van der Waals surface area (Å²) in [5.41, 5.74) is 1.05. The zero-order valence-electron chi connectivity index (χ0n) is 20.0. The second-order valence-corrected chi connectivity index (χ2v) is 8.72. The van der Waals surface area contributed by atoms with Gasteiger partial charge in [-0.3, -0.25) is 14.6 Å². The van der Waals surface area contributed by atoms with Gasteiger partial charge in [0, 0.05) is 36.1 Å². The fourth-order valence-electron chi connectivity index (χ4n) is 3.45. The SMILES string of the molecule is Cc1ccc(C(=O)NC(=Cc2ccc(-c3cc(C(F)(F)F)ccc3Cl)o2)C(=O)NCc2cccnc2)cc1. The Morgan fingerprint density at radius 1 is 1.05 bits per heavy atom. The van der Waals surface area contributed by atoms with Gasteiger partial charge in [-0.05, 0) is 61.0 Å². The molecule has 4 aromatic rings. The lowest BCUT2D eigenvalue weighted by Crippen LogP contribution is -2.34. The van der Waals surface area contributed by atoms with Gasteiger partial charge in [0.15, 0.2) is 0 Å². The van der Waals surface area contributed by atoms with Crippen molar-refractivity contribution in [3.63, 3.8) is 0 Å². The summed E-state index contributed by atoms with van der Waals surface area (Å²) in [5, 5.41) is 5.35. The third-order valence-electron chi connectivity index (χ3n) is 5.45. The summed E-state index contributed by atoms with van der Waals surface area (Å²) in [4.78, 5) is 29.9. The predicted molar refractivity (Wildman–Crippen MR) is 137 cm³/mol. The molecule has 0 saturated carbocycles. The molecule has 4 rings (SSSR count). The zero-order chi connectivity index (χ0) is 27.3. The molecule has 2 amide bonds. The Bertz CT molecular complexity index is 1480. The first kappa shape index (κ1) is 26.7. The van der Waals surface area contributed by atoms with Crippen LogP contribution in [-0.4, -0.2) is 16.8 Å². The van der Waals surface area contributed by atoms with Crippen molar-refractivity contribution < 1.29 is 27.2 Å². The standard InChI is InChI=1S/C28H21ClF3N3O3/c1-17-4-6-19(7-5-17)26(36)35-24(27(37)34-16-18-3-2-12-33-15-18)14-21-9-11-25(38-21)22-13-20(28(30,31)32)8-10-23(22)29/h2-15H,16H2,1H3,(H,34,37)(H,35,36). The molecule has 0 aliphatic heterocycles. The average molecular weight is 540 g/mol. The van der Waals surface area contributed by atoms with E-state index in [-0.39, 0.29) is 34.3 Å². The van der Waals surface area contributed by atoms with Gasteiger partial charge in [-0.25, -0.2) is 0 Å². The number of amides is 2. The maximum atomic E-state index is 13.2. The zero-order valence-corrected chi connectivity index (χ0v) is 20.7. The number of carbonyl (C=O) groups excluding carboxylic acids is 2. The Morgan fingerprint density at radius 2 is 1.82 bits per heavy atom. The van der Waals surface area contributed by atoms with Crippen molar-refractivity contribution in [2.75, 3.05) is 0 Å². The highest BCUT2D eigenvalue weighted by Crippen LogP contribution is 2.36. The second-order valence-electron chi connectivity index (χ2n) is 8.32. The van der Waals surface area contributed by atoms with Gasteiger partial charge in [0.25, 0.3) is 11.8 Å². The van der Waals surface area contributed by atoms with Gasteiger partial charge >= 0.3 is 6.18 Å². The Morgan fingerprint density at radius 3 is 2.50 bits per heavy atom. The Balaban J connectivity index is 1.63.